The Morgan fingerprint density at radius 3 is 2.64 bits per heavy atom. The predicted octanol–water partition coefficient (Wildman–Crippen LogP) is 3.20. The minimum absolute atomic E-state index is 0. The lowest BCUT2D eigenvalue weighted by molar-refractivity contribution is -0.665. The lowest BCUT2D eigenvalue weighted by Gasteiger charge is -2.17. The van der Waals surface area contributed by atoms with E-state index in [0.717, 1.165) is 18.1 Å². The van der Waals surface area contributed by atoms with E-state index < -0.39 is 0 Å². The van der Waals surface area contributed by atoms with Crippen molar-refractivity contribution in [1.29, 1.82) is 0 Å². The molecule has 0 saturated carbocycles. The van der Waals surface area contributed by atoms with Crippen LogP contribution in [0.2, 0.25) is 0 Å². The zero-order chi connectivity index (χ0) is 18.4. The fraction of sp³-hybridized carbons (Fsp3) is 0.125. The van der Waals surface area contributed by atoms with Crippen molar-refractivity contribution in [2.75, 3.05) is 0 Å². The molecule has 1 aromatic heterocycles. The Morgan fingerprint density at radius 1 is 1.00 bits per heavy atom. The number of allylic oxidation sites excluding steroid dienone is 2. The van der Waals surface area contributed by atoms with Crippen molar-refractivity contribution < 1.29 is 33.3 Å². The van der Waals surface area contributed by atoms with Crippen LogP contribution in [0, 0.1) is 0 Å². The highest BCUT2D eigenvalue weighted by molar-refractivity contribution is 7.19. The molecule has 0 bridgehead atoms. The van der Waals surface area contributed by atoms with Gasteiger partial charge in [-0.2, -0.15) is 4.57 Å². The highest BCUT2D eigenvalue weighted by atomic mass is 127. The summed E-state index contributed by atoms with van der Waals surface area (Å²) in [5, 5.41) is 3.81. The van der Waals surface area contributed by atoms with E-state index >= 15 is 0 Å². The van der Waals surface area contributed by atoms with Crippen LogP contribution in [0.3, 0.4) is 0 Å². The van der Waals surface area contributed by atoms with Gasteiger partial charge in [0.25, 0.3) is 5.01 Å². The zero-order valence-electron chi connectivity index (χ0n) is 15.8. The Bertz CT molecular complexity index is 1250. The van der Waals surface area contributed by atoms with E-state index in [1.165, 1.54) is 37.1 Å². The number of hydrogen-bond acceptors (Lipinski definition) is 2. The maximum atomic E-state index is 6.17. The Balaban J connectivity index is 0.00000192. The molecule has 0 N–H and O–H groups in total. The zero-order valence-corrected chi connectivity index (χ0v) is 18.8. The van der Waals surface area contributed by atoms with E-state index in [2.05, 4.69) is 79.1 Å². The van der Waals surface area contributed by atoms with E-state index in [0.29, 0.717) is 0 Å². The number of thiazole rings is 1. The van der Waals surface area contributed by atoms with Gasteiger partial charge in [-0.25, -0.2) is 0 Å². The number of aryl methyl sites for hydroxylation is 1. The number of benzene rings is 3. The maximum Gasteiger partial charge on any atom is 0.266 e. The average molecular weight is 497 g/mol. The van der Waals surface area contributed by atoms with E-state index in [-0.39, 0.29) is 24.0 Å². The van der Waals surface area contributed by atoms with Gasteiger partial charge in [0.15, 0.2) is 0 Å². The first kappa shape index (κ1) is 19.2. The molecule has 0 saturated heterocycles. The second-order valence-electron chi connectivity index (χ2n) is 6.79. The third kappa shape index (κ3) is 3.14. The van der Waals surface area contributed by atoms with Crippen LogP contribution in [0.25, 0.3) is 32.6 Å². The van der Waals surface area contributed by atoms with Gasteiger partial charge in [0.1, 0.15) is 22.8 Å². The Kier molecular flexibility index (Phi) is 5.25. The predicted molar refractivity (Wildman–Crippen MR) is 114 cm³/mol. The van der Waals surface area contributed by atoms with Gasteiger partial charge in [-0.05, 0) is 43.0 Å². The third-order valence-corrected chi connectivity index (χ3v) is 6.28. The van der Waals surface area contributed by atoms with Gasteiger partial charge in [0.2, 0.25) is 5.52 Å². The van der Waals surface area contributed by atoms with Crippen molar-refractivity contribution in [1.82, 2.24) is 0 Å². The molecule has 2 heterocycles. The largest absolute Gasteiger partial charge is 1.00 e. The summed E-state index contributed by atoms with van der Waals surface area (Å²) in [6, 6.07) is 21.3. The van der Waals surface area contributed by atoms with E-state index in [1.807, 2.05) is 23.5 Å². The third-order valence-electron chi connectivity index (χ3n) is 5.10. The molecule has 0 amide bonds. The first-order valence-electron chi connectivity index (χ1n) is 9.26. The van der Waals surface area contributed by atoms with Crippen LogP contribution in [-0.4, -0.2) is 0 Å². The first-order valence-corrected chi connectivity index (χ1v) is 10.1. The highest BCUT2D eigenvalue weighted by Crippen LogP contribution is 2.35. The fourth-order valence-electron chi connectivity index (χ4n) is 3.79. The van der Waals surface area contributed by atoms with Gasteiger partial charge >= 0.3 is 0 Å². The summed E-state index contributed by atoms with van der Waals surface area (Å²) in [6.07, 6.45) is 4.30. The molecule has 4 aromatic rings. The summed E-state index contributed by atoms with van der Waals surface area (Å²) in [6.45, 7) is 5.26. The summed E-state index contributed by atoms with van der Waals surface area (Å²) in [5.74, 6) is 1.82. The number of fused-ring (bicyclic) bond motifs is 4. The molecule has 28 heavy (non-hydrogen) atoms. The highest BCUT2D eigenvalue weighted by Gasteiger charge is 2.21. The van der Waals surface area contributed by atoms with Crippen molar-refractivity contribution in [3.8, 4) is 5.75 Å². The van der Waals surface area contributed by atoms with Crippen molar-refractivity contribution in [3.05, 3.63) is 83.1 Å². The Hall–Kier alpha value is -2.18. The topological polar surface area (TPSA) is 13.1 Å². The molecule has 2 nitrogen and oxygen atoms in total. The van der Waals surface area contributed by atoms with Gasteiger partial charge in [-0.3, -0.25) is 0 Å². The van der Waals surface area contributed by atoms with Gasteiger partial charge in [-0.15, -0.1) is 0 Å². The van der Waals surface area contributed by atoms with E-state index in [1.54, 1.807) is 0 Å². The first-order chi connectivity index (χ1) is 13.2. The molecule has 0 aliphatic carbocycles. The lowest BCUT2D eigenvalue weighted by Crippen LogP contribution is -3.00. The summed E-state index contributed by atoms with van der Waals surface area (Å²) < 4.78 is 9.87. The summed E-state index contributed by atoms with van der Waals surface area (Å²) in [5.41, 5.74) is 3.68. The molecular weight excluding hydrogens is 477 g/mol. The molecule has 4 heteroatoms. The number of ether oxygens (including phenoxy) is 1. The Labute approximate surface area is 185 Å². The molecule has 0 atom stereocenters. The van der Waals surface area contributed by atoms with Crippen LogP contribution < -0.4 is 33.3 Å². The minimum Gasteiger partial charge on any atom is -1.00 e. The van der Waals surface area contributed by atoms with E-state index in [9.17, 15) is 0 Å². The van der Waals surface area contributed by atoms with Gasteiger partial charge in [0.05, 0.1) is 6.08 Å². The van der Waals surface area contributed by atoms with Crippen molar-refractivity contribution >= 4 is 44.0 Å². The second kappa shape index (κ2) is 7.68. The number of hydrogen-bond donors (Lipinski definition) is 0. The fourth-order valence-corrected chi connectivity index (χ4v) is 5.09. The van der Waals surface area contributed by atoms with Crippen LogP contribution >= 0.6 is 11.3 Å². The van der Waals surface area contributed by atoms with Crippen molar-refractivity contribution in [2.45, 2.75) is 20.4 Å². The Morgan fingerprint density at radius 2 is 1.79 bits per heavy atom. The smallest absolute Gasteiger partial charge is 0.266 e. The summed E-state index contributed by atoms with van der Waals surface area (Å²) >= 11 is 1.83. The normalized spacial score (nSPS) is 14.5. The number of aromatic nitrogens is 1. The van der Waals surface area contributed by atoms with Gasteiger partial charge < -0.3 is 28.7 Å². The number of rotatable bonds is 2. The van der Waals surface area contributed by atoms with Crippen LogP contribution in [0.15, 0.2) is 72.5 Å². The molecule has 3 aromatic carbocycles. The molecule has 5 rings (SSSR count). The van der Waals surface area contributed by atoms with Crippen molar-refractivity contribution in [3.63, 3.8) is 0 Å². The van der Waals surface area contributed by atoms with Gasteiger partial charge in [-0.1, -0.05) is 53.8 Å². The number of para-hydroxylation sites is 1. The molecule has 0 unspecified atom stereocenters. The summed E-state index contributed by atoms with van der Waals surface area (Å²) in [4.78, 5) is 0. The van der Waals surface area contributed by atoms with Crippen LogP contribution in [0.4, 0.5) is 0 Å². The molecule has 0 radical (unpaired) electrons. The lowest BCUT2D eigenvalue weighted by atomic mass is 10.0. The molecule has 0 fully saturated rings. The SMILES string of the molecule is CC[n+]1c(C=C2C=C(C)c3ccccc3O2)sc2c3ccccc3ccc21.[I-]. The monoisotopic (exact) mass is 497 g/mol. The minimum atomic E-state index is 0. The molecular formula is C24H20INOS. The van der Waals surface area contributed by atoms with Crippen molar-refractivity contribution in [2.24, 2.45) is 0 Å². The average Bonchev–Trinajstić information content (AvgIpc) is 3.05. The van der Waals surface area contributed by atoms with Crippen LogP contribution in [0.1, 0.15) is 24.4 Å². The van der Waals surface area contributed by atoms with E-state index in [4.69, 9.17) is 4.74 Å². The summed E-state index contributed by atoms with van der Waals surface area (Å²) in [7, 11) is 0. The quantitative estimate of drug-likeness (QED) is 0.306. The van der Waals surface area contributed by atoms with Gasteiger partial charge in [0, 0.05) is 17.0 Å². The molecule has 0 spiro atoms. The van der Waals surface area contributed by atoms with Crippen LogP contribution in [-0.2, 0) is 6.54 Å². The standard InChI is InChI=1S/C24H20NOS.HI/c1-3-25-21-13-12-17-8-4-5-10-20(17)24(21)27-23(25)15-18-14-16(2)19-9-6-7-11-22(19)26-18;/h4-15H,3H2,1-2H3;1H/q+1;/p-1. The molecule has 140 valence electrons. The molecule has 1 aliphatic heterocycles. The number of halogens is 1. The maximum absolute atomic E-state index is 6.17. The van der Waals surface area contributed by atoms with Crippen LogP contribution in [0.5, 0.6) is 5.75 Å². The number of nitrogens with zero attached hydrogens (tertiary/aromatic N) is 1. The second-order valence-corrected chi connectivity index (χ2v) is 7.82. The molecule has 1 aliphatic rings.